The van der Waals surface area contributed by atoms with Crippen LogP contribution in [0.2, 0.25) is 0 Å². The average molecular weight is 227 g/mol. The molecule has 0 heterocycles. The first kappa shape index (κ1) is 35.3. The Bertz CT molecular complexity index is 46.2. The van der Waals surface area contributed by atoms with Crippen LogP contribution in [-0.4, -0.2) is 44.9 Å². The maximum Gasteiger partial charge on any atom is 2.00 e. The number of carboxylic acid groups (broad SMARTS) is 2. The van der Waals surface area contributed by atoms with Gasteiger partial charge in [0.25, 0.3) is 0 Å². The van der Waals surface area contributed by atoms with Crippen molar-refractivity contribution < 1.29 is 59.9 Å². The average Bonchev–Trinajstić information content (AvgIpc) is 0.811. The van der Waals surface area contributed by atoms with Gasteiger partial charge in [-0.3, -0.25) is 0 Å². The van der Waals surface area contributed by atoms with Crippen LogP contribution in [0.1, 0.15) is 2.85 Å². The Morgan fingerprint density at radius 2 is 1.38 bits per heavy atom. The molecule has 45 valence electrons. The molecule has 0 aliphatic heterocycles. The second kappa shape index (κ2) is 24.2. The second-order valence-electron chi connectivity index (χ2n) is 0.283. The van der Waals surface area contributed by atoms with Gasteiger partial charge in [0, 0.05) is 36.5 Å². The fourth-order valence-electron chi connectivity index (χ4n) is 0. The van der Waals surface area contributed by atoms with Crippen LogP contribution in [0.15, 0.2) is 0 Å². The van der Waals surface area contributed by atoms with Crippen molar-refractivity contribution in [3.63, 3.8) is 0 Å². The molecule has 0 atom stereocenters. The molecule has 1 radical (unpaired) electrons. The summed E-state index contributed by atoms with van der Waals surface area (Å²) in [5.74, 6) is 0. The zero-order valence-electron chi connectivity index (χ0n) is 6.09. The standard InChI is InChI=1S/CH2O3.Mg.Mn.H2O.Zn.2H/c2-1(3)4;;;;;;/h(H2,2,3,4);;;1H2;;;/q;+2;;;;2*-1. The zero-order chi connectivity index (χ0) is 3.58. The second-order valence-corrected chi connectivity index (χ2v) is 0.283. The molecule has 0 saturated heterocycles. The van der Waals surface area contributed by atoms with Gasteiger partial charge in [-0.2, -0.15) is 0 Å². The Balaban J connectivity index is -0.00000000300. The van der Waals surface area contributed by atoms with E-state index < -0.39 is 6.16 Å². The molecule has 0 amide bonds. The minimum Gasteiger partial charge on any atom is -1.00 e. The molecule has 0 rings (SSSR count). The summed E-state index contributed by atoms with van der Waals surface area (Å²) in [6.07, 6.45) is -1.83. The molecule has 0 fully saturated rings. The first-order valence-electron chi connectivity index (χ1n) is 0.651. The quantitative estimate of drug-likeness (QED) is 0.532. The molecule has 0 aromatic carbocycles. The summed E-state index contributed by atoms with van der Waals surface area (Å²) in [4.78, 5) is 8.56. The molecule has 8 heavy (non-hydrogen) atoms. The normalized spacial score (nSPS) is 3.00. The van der Waals surface area contributed by atoms with Gasteiger partial charge in [0.05, 0.1) is 0 Å². The molecule has 0 unspecified atom stereocenters. The number of carbonyl (C=O) groups is 1. The van der Waals surface area contributed by atoms with Crippen molar-refractivity contribution in [3.8, 4) is 0 Å². The van der Waals surface area contributed by atoms with Gasteiger partial charge in [-0.1, -0.05) is 0 Å². The van der Waals surface area contributed by atoms with E-state index in [4.69, 9.17) is 15.0 Å². The maximum absolute atomic E-state index is 8.56. The Hall–Kier alpha value is 1.14. The van der Waals surface area contributed by atoms with Crippen LogP contribution in [-0.2, 0) is 36.5 Å². The minimum atomic E-state index is -1.83. The third kappa shape index (κ3) is 207. The van der Waals surface area contributed by atoms with Crippen molar-refractivity contribution in [1.29, 1.82) is 0 Å². The van der Waals surface area contributed by atoms with Gasteiger partial charge in [0.1, 0.15) is 0 Å². The van der Waals surface area contributed by atoms with Crippen LogP contribution < -0.4 is 0 Å². The van der Waals surface area contributed by atoms with E-state index in [0.29, 0.717) is 0 Å². The molecule has 7 heteroatoms. The Labute approximate surface area is 88.7 Å². The van der Waals surface area contributed by atoms with Crippen molar-refractivity contribution in [3.05, 3.63) is 0 Å². The van der Waals surface area contributed by atoms with Crippen molar-refractivity contribution >= 4 is 29.2 Å². The molecular formula is CH6MgMnO4Zn. The first-order chi connectivity index (χ1) is 1.73. The summed E-state index contributed by atoms with van der Waals surface area (Å²) < 4.78 is 0. The Morgan fingerprint density at radius 3 is 1.38 bits per heavy atom. The van der Waals surface area contributed by atoms with Crippen LogP contribution >= 0.6 is 0 Å². The van der Waals surface area contributed by atoms with Crippen LogP contribution in [0.25, 0.3) is 0 Å². The molecule has 0 aromatic heterocycles. The fourth-order valence-corrected chi connectivity index (χ4v) is 0. The van der Waals surface area contributed by atoms with E-state index in [-0.39, 0.29) is 67.9 Å². The topological polar surface area (TPSA) is 89.0 Å². The molecule has 0 spiro atoms. The summed E-state index contributed by atoms with van der Waals surface area (Å²) in [6.45, 7) is 0. The van der Waals surface area contributed by atoms with Crippen LogP contribution in [0, 0.1) is 0 Å². The molecule has 0 aromatic rings. The van der Waals surface area contributed by atoms with E-state index in [9.17, 15) is 0 Å². The van der Waals surface area contributed by atoms with Crippen molar-refractivity contribution in [1.82, 2.24) is 0 Å². The Morgan fingerprint density at radius 1 is 1.38 bits per heavy atom. The van der Waals surface area contributed by atoms with E-state index in [1.807, 2.05) is 0 Å². The number of hydrogen-bond donors (Lipinski definition) is 2. The third-order valence-electron chi connectivity index (χ3n) is 0. The number of hydrogen-bond acceptors (Lipinski definition) is 1. The van der Waals surface area contributed by atoms with Gasteiger partial charge in [-0.05, 0) is 0 Å². The van der Waals surface area contributed by atoms with E-state index in [1.165, 1.54) is 0 Å². The van der Waals surface area contributed by atoms with Gasteiger partial charge >= 0.3 is 29.2 Å². The largest absolute Gasteiger partial charge is 2.00 e. The zero-order valence-corrected chi connectivity index (χ0v) is 9.66. The smallest absolute Gasteiger partial charge is 1.00 e. The van der Waals surface area contributed by atoms with Crippen molar-refractivity contribution in [2.75, 3.05) is 0 Å². The number of rotatable bonds is 0. The summed E-state index contributed by atoms with van der Waals surface area (Å²) >= 11 is 0. The summed E-state index contributed by atoms with van der Waals surface area (Å²) in [6, 6.07) is 0. The van der Waals surface area contributed by atoms with E-state index in [1.54, 1.807) is 0 Å². The van der Waals surface area contributed by atoms with Gasteiger partial charge in [0.15, 0.2) is 0 Å². The predicted molar refractivity (Wildman–Crippen MR) is 22.2 cm³/mol. The molecule has 0 aliphatic carbocycles. The van der Waals surface area contributed by atoms with E-state index in [0.717, 1.165) is 0 Å². The third-order valence-corrected chi connectivity index (χ3v) is 0. The predicted octanol–water partition coefficient (Wildman–Crippen LogP) is -0.763. The monoisotopic (exact) mass is 225 g/mol. The molecule has 4 nitrogen and oxygen atoms in total. The Kier molecular flexibility index (Phi) is 107. The van der Waals surface area contributed by atoms with Gasteiger partial charge < -0.3 is 18.5 Å². The van der Waals surface area contributed by atoms with Crippen LogP contribution in [0.3, 0.4) is 0 Å². The molecule has 0 aliphatic rings. The fraction of sp³-hybridized carbons (Fsp3) is 0. The van der Waals surface area contributed by atoms with Gasteiger partial charge in [-0.15, -0.1) is 0 Å². The van der Waals surface area contributed by atoms with Crippen molar-refractivity contribution in [2.24, 2.45) is 0 Å². The molecular weight excluding hydrogens is 221 g/mol. The maximum atomic E-state index is 8.56. The van der Waals surface area contributed by atoms with E-state index >= 15 is 0 Å². The molecule has 0 saturated carbocycles. The minimum absolute atomic E-state index is 0. The summed E-state index contributed by atoms with van der Waals surface area (Å²) in [5.41, 5.74) is 0. The van der Waals surface area contributed by atoms with Crippen molar-refractivity contribution in [2.45, 2.75) is 0 Å². The van der Waals surface area contributed by atoms with Crippen LogP contribution in [0.4, 0.5) is 4.79 Å². The van der Waals surface area contributed by atoms with Gasteiger partial charge in [-0.25, -0.2) is 4.79 Å². The van der Waals surface area contributed by atoms with Gasteiger partial charge in [0.2, 0.25) is 0 Å². The summed E-state index contributed by atoms with van der Waals surface area (Å²) in [7, 11) is 0. The molecule has 4 N–H and O–H groups in total. The molecule has 0 bridgehead atoms. The SMILES string of the molecule is O.O=C(O)O.[H-].[H-].[Mg+2].[Mn].[Zn]. The van der Waals surface area contributed by atoms with Crippen LogP contribution in [0.5, 0.6) is 0 Å². The first-order valence-corrected chi connectivity index (χ1v) is 0.651. The van der Waals surface area contributed by atoms with E-state index in [2.05, 4.69) is 0 Å². The summed E-state index contributed by atoms with van der Waals surface area (Å²) in [5, 5.41) is 13.9.